The van der Waals surface area contributed by atoms with E-state index in [1.807, 2.05) is 60.7 Å². The summed E-state index contributed by atoms with van der Waals surface area (Å²) in [5.41, 5.74) is 6.09. The molecule has 0 spiro atoms. The average Bonchev–Trinajstić information content (AvgIpc) is 2.82. The summed E-state index contributed by atoms with van der Waals surface area (Å²) >= 11 is 0. The molecule has 1 fully saturated rings. The fourth-order valence-electron chi connectivity index (χ4n) is 4.30. The fraction of sp³-hybridized carbons (Fsp3) is 0.321. The monoisotopic (exact) mass is 428 g/mol. The van der Waals surface area contributed by atoms with Gasteiger partial charge in [0.1, 0.15) is 6.10 Å². The van der Waals surface area contributed by atoms with Gasteiger partial charge in [-0.1, -0.05) is 78.9 Å². The number of hydrogen-bond donors (Lipinski definition) is 1. The van der Waals surface area contributed by atoms with Gasteiger partial charge in [-0.15, -0.1) is 0 Å². The predicted molar refractivity (Wildman–Crippen MR) is 129 cm³/mol. The van der Waals surface area contributed by atoms with Crippen LogP contribution >= 0.6 is 0 Å². The molecule has 0 unspecified atom stereocenters. The minimum absolute atomic E-state index is 0.0433. The molecule has 4 rings (SSSR count). The first-order valence-electron chi connectivity index (χ1n) is 11.4. The molecule has 0 radical (unpaired) electrons. The Balaban J connectivity index is 1.31. The lowest BCUT2D eigenvalue weighted by molar-refractivity contribution is 0.0476. The maximum Gasteiger partial charge on any atom is 0.408 e. The first kappa shape index (κ1) is 22.1. The molecule has 32 heavy (non-hydrogen) atoms. The first-order chi connectivity index (χ1) is 15.6. The lowest BCUT2D eigenvalue weighted by atomic mass is 9.99. The molecule has 3 aromatic rings. The van der Waals surface area contributed by atoms with Gasteiger partial charge in [-0.2, -0.15) is 0 Å². The van der Waals surface area contributed by atoms with Crippen LogP contribution in [0.25, 0.3) is 0 Å². The quantitative estimate of drug-likeness (QED) is 0.541. The van der Waals surface area contributed by atoms with Gasteiger partial charge in [0.15, 0.2) is 0 Å². The predicted octanol–water partition coefficient (Wildman–Crippen LogP) is 5.78. The molecule has 1 heterocycles. The molecule has 1 aliphatic rings. The molecule has 4 heteroatoms. The van der Waals surface area contributed by atoms with Gasteiger partial charge in [0.2, 0.25) is 0 Å². The fourth-order valence-corrected chi connectivity index (χ4v) is 4.30. The highest BCUT2D eigenvalue weighted by Gasteiger charge is 2.24. The third-order valence-corrected chi connectivity index (χ3v) is 6.31. The number of carbonyl (C=O) groups is 1. The van der Waals surface area contributed by atoms with E-state index < -0.39 is 0 Å². The molecule has 0 aromatic heterocycles. The molecular weight excluding hydrogens is 396 g/mol. The third-order valence-electron chi connectivity index (χ3n) is 6.31. The van der Waals surface area contributed by atoms with Crippen LogP contribution in [0.5, 0.6) is 0 Å². The van der Waals surface area contributed by atoms with Crippen LogP contribution in [0.3, 0.4) is 0 Å². The largest absolute Gasteiger partial charge is 0.446 e. The van der Waals surface area contributed by atoms with Gasteiger partial charge in [-0.05, 0) is 54.5 Å². The molecular formula is C28H32N2O2. The van der Waals surface area contributed by atoms with Crippen LogP contribution in [0.4, 0.5) is 4.79 Å². The molecule has 1 amide bonds. The Morgan fingerprint density at radius 2 is 1.50 bits per heavy atom. The summed E-state index contributed by atoms with van der Waals surface area (Å²) in [6.45, 7) is 7.13. The zero-order chi connectivity index (χ0) is 22.3. The van der Waals surface area contributed by atoms with Crippen molar-refractivity contribution in [2.24, 2.45) is 0 Å². The molecule has 0 saturated carbocycles. The highest BCUT2D eigenvalue weighted by molar-refractivity contribution is 5.69. The molecule has 0 bridgehead atoms. The molecule has 1 saturated heterocycles. The highest BCUT2D eigenvalue weighted by atomic mass is 16.6. The van der Waals surface area contributed by atoms with Crippen LogP contribution in [-0.4, -0.2) is 30.2 Å². The molecule has 166 valence electrons. The van der Waals surface area contributed by atoms with Crippen molar-refractivity contribution in [1.82, 2.24) is 10.2 Å². The van der Waals surface area contributed by atoms with E-state index in [4.69, 9.17) is 4.74 Å². The minimum atomic E-state index is -0.352. The maximum absolute atomic E-state index is 12.8. The van der Waals surface area contributed by atoms with Crippen molar-refractivity contribution in [1.29, 1.82) is 0 Å². The summed E-state index contributed by atoms with van der Waals surface area (Å²) < 4.78 is 5.82. The Hall–Kier alpha value is -3.11. The minimum Gasteiger partial charge on any atom is -0.446 e. The SMILES string of the molecule is Cc1ccc(CN2CCC(OC(=O)NC(c3ccccc3)c3ccccc3)CC2)cc1C. The van der Waals surface area contributed by atoms with Gasteiger partial charge in [0, 0.05) is 19.6 Å². The van der Waals surface area contributed by atoms with Crippen molar-refractivity contribution in [3.8, 4) is 0 Å². The Labute approximate surface area is 191 Å². The topological polar surface area (TPSA) is 41.6 Å². The van der Waals surface area contributed by atoms with Gasteiger partial charge >= 0.3 is 6.09 Å². The van der Waals surface area contributed by atoms with E-state index in [-0.39, 0.29) is 18.2 Å². The molecule has 1 aliphatic heterocycles. The lowest BCUT2D eigenvalue weighted by Crippen LogP contribution is -2.40. The zero-order valence-electron chi connectivity index (χ0n) is 19.0. The second-order valence-corrected chi connectivity index (χ2v) is 8.70. The van der Waals surface area contributed by atoms with Crippen molar-refractivity contribution in [3.63, 3.8) is 0 Å². The number of amides is 1. The van der Waals surface area contributed by atoms with E-state index in [2.05, 4.69) is 42.3 Å². The van der Waals surface area contributed by atoms with Crippen molar-refractivity contribution in [2.75, 3.05) is 13.1 Å². The molecule has 1 N–H and O–H groups in total. The number of likely N-dealkylation sites (tertiary alicyclic amines) is 1. The summed E-state index contributed by atoms with van der Waals surface area (Å²) in [6.07, 6.45) is 1.33. The lowest BCUT2D eigenvalue weighted by Gasteiger charge is -2.32. The van der Waals surface area contributed by atoms with Crippen LogP contribution in [0.1, 0.15) is 46.7 Å². The number of aryl methyl sites for hydroxylation is 2. The summed E-state index contributed by atoms with van der Waals surface area (Å²) in [5, 5.41) is 3.08. The van der Waals surface area contributed by atoms with E-state index in [9.17, 15) is 4.79 Å². The van der Waals surface area contributed by atoms with Gasteiger partial charge in [-0.25, -0.2) is 4.79 Å². The Morgan fingerprint density at radius 3 is 2.06 bits per heavy atom. The van der Waals surface area contributed by atoms with E-state index in [0.29, 0.717) is 0 Å². The Bertz CT molecular complexity index is 973. The summed E-state index contributed by atoms with van der Waals surface area (Å²) in [7, 11) is 0. The summed E-state index contributed by atoms with van der Waals surface area (Å²) in [4.78, 5) is 15.2. The van der Waals surface area contributed by atoms with Crippen molar-refractivity contribution in [2.45, 2.75) is 45.4 Å². The number of ether oxygens (including phenoxy) is 1. The van der Waals surface area contributed by atoms with Crippen LogP contribution in [-0.2, 0) is 11.3 Å². The first-order valence-corrected chi connectivity index (χ1v) is 11.4. The smallest absolute Gasteiger partial charge is 0.408 e. The van der Waals surface area contributed by atoms with Crippen molar-refractivity contribution in [3.05, 3.63) is 107 Å². The number of hydrogen-bond acceptors (Lipinski definition) is 3. The Kier molecular flexibility index (Phi) is 7.23. The number of nitrogens with one attached hydrogen (secondary N) is 1. The second-order valence-electron chi connectivity index (χ2n) is 8.70. The maximum atomic E-state index is 12.8. The van der Waals surface area contributed by atoms with Crippen molar-refractivity contribution < 1.29 is 9.53 Å². The summed E-state index contributed by atoms with van der Waals surface area (Å²) in [6, 6.07) is 26.5. The normalized spacial score (nSPS) is 15.0. The van der Waals surface area contributed by atoms with Gasteiger partial charge < -0.3 is 10.1 Å². The highest BCUT2D eigenvalue weighted by Crippen LogP contribution is 2.23. The molecule has 0 aliphatic carbocycles. The number of benzene rings is 3. The molecule has 0 atom stereocenters. The summed E-state index contributed by atoms with van der Waals surface area (Å²) in [5.74, 6) is 0. The molecule has 4 nitrogen and oxygen atoms in total. The van der Waals surface area contributed by atoms with Crippen LogP contribution in [0.15, 0.2) is 78.9 Å². The standard InChI is InChI=1S/C28H32N2O2/c1-21-13-14-23(19-22(21)2)20-30-17-15-26(16-18-30)32-28(31)29-27(24-9-5-3-6-10-24)25-11-7-4-8-12-25/h3-14,19,26-27H,15-18,20H2,1-2H3,(H,29,31). The number of alkyl carbamates (subject to hydrolysis) is 1. The Morgan fingerprint density at radius 1 is 0.906 bits per heavy atom. The van der Waals surface area contributed by atoms with Crippen molar-refractivity contribution >= 4 is 6.09 Å². The van der Waals surface area contributed by atoms with E-state index in [0.717, 1.165) is 43.6 Å². The molecule has 3 aromatic carbocycles. The number of piperidine rings is 1. The van der Waals surface area contributed by atoms with E-state index in [1.165, 1.54) is 16.7 Å². The number of carbonyl (C=O) groups excluding carboxylic acids is 1. The van der Waals surface area contributed by atoms with Gasteiger partial charge in [0.05, 0.1) is 6.04 Å². The van der Waals surface area contributed by atoms with E-state index in [1.54, 1.807) is 0 Å². The average molecular weight is 429 g/mol. The van der Waals surface area contributed by atoms with E-state index >= 15 is 0 Å². The second kappa shape index (κ2) is 10.5. The number of nitrogens with zero attached hydrogens (tertiary/aromatic N) is 1. The van der Waals surface area contributed by atoms with Crippen LogP contribution in [0, 0.1) is 13.8 Å². The van der Waals surface area contributed by atoms with Gasteiger partial charge in [0.25, 0.3) is 0 Å². The third kappa shape index (κ3) is 5.77. The van der Waals surface area contributed by atoms with Crippen LogP contribution < -0.4 is 5.32 Å². The zero-order valence-corrected chi connectivity index (χ0v) is 19.0. The van der Waals surface area contributed by atoms with Gasteiger partial charge in [-0.3, -0.25) is 4.90 Å². The van der Waals surface area contributed by atoms with Crippen LogP contribution in [0.2, 0.25) is 0 Å². The number of rotatable bonds is 6.